The Labute approximate surface area is 100 Å². The van der Waals surface area contributed by atoms with Gasteiger partial charge in [-0.25, -0.2) is 4.57 Å². The smallest absolute Gasteiger partial charge is 0.225 e. The molecule has 0 saturated heterocycles. The number of fused-ring (bicyclic) bond motifs is 3. The Morgan fingerprint density at radius 1 is 1.24 bits per heavy atom. The van der Waals surface area contributed by atoms with Crippen LogP contribution in [0.5, 0.6) is 0 Å². The van der Waals surface area contributed by atoms with Crippen LogP contribution in [0.4, 0.5) is 0 Å². The summed E-state index contributed by atoms with van der Waals surface area (Å²) in [6, 6.07) is 10.6. The maximum atomic E-state index is 4.67. The van der Waals surface area contributed by atoms with Crippen LogP contribution in [0.1, 0.15) is 18.3 Å². The van der Waals surface area contributed by atoms with Gasteiger partial charge in [0.2, 0.25) is 0 Å². The first-order chi connectivity index (χ1) is 8.22. The van der Waals surface area contributed by atoms with Crippen LogP contribution in [0.15, 0.2) is 30.3 Å². The minimum atomic E-state index is 0.937. The van der Waals surface area contributed by atoms with Crippen molar-refractivity contribution in [3.63, 3.8) is 0 Å². The number of nitrogens with zero attached hydrogens (tertiary/aromatic N) is 3. The van der Waals surface area contributed by atoms with E-state index in [0.29, 0.717) is 0 Å². The Hall–Kier alpha value is -1.90. The first-order valence-corrected chi connectivity index (χ1v) is 5.99. The SMILES string of the molecule is CC[n+]1c2ccccc2n2c(C)cc(C)nc21. The standard InChI is InChI=1S/C14H16N3/c1-4-16-12-7-5-6-8-13(12)17-11(3)9-10(2)15-14(16)17/h5-9H,4H2,1-3H3/q+1. The van der Waals surface area contributed by atoms with Gasteiger partial charge in [0.05, 0.1) is 12.2 Å². The Balaban J connectivity index is 2.63. The average Bonchev–Trinajstić information content (AvgIpc) is 2.62. The van der Waals surface area contributed by atoms with Crippen LogP contribution in [0, 0.1) is 13.8 Å². The van der Waals surface area contributed by atoms with Crippen LogP contribution < -0.4 is 4.57 Å². The number of aromatic nitrogens is 3. The normalized spacial score (nSPS) is 11.5. The van der Waals surface area contributed by atoms with Gasteiger partial charge in [0.25, 0.3) is 0 Å². The van der Waals surface area contributed by atoms with Crippen LogP contribution in [-0.2, 0) is 6.54 Å². The topological polar surface area (TPSA) is 21.2 Å². The van der Waals surface area contributed by atoms with Crippen molar-refractivity contribution in [1.29, 1.82) is 0 Å². The predicted molar refractivity (Wildman–Crippen MR) is 68.0 cm³/mol. The molecule has 0 N–H and O–H groups in total. The summed E-state index contributed by atoms with van der Waals surface area (Å²) < 4.78 is 4.49. The molecule has 0 atom stereocenters. The van der Waals surface area contributed by atoms with Crippen molar-refractivity contribution in [2.24, 2.45) is 0 Å². The second kappa shape index (κ2) is 3.55. The molecule has 0 aliphatic carbocycles. The van der Waals surface area contributed by atoms with Gasteiger partial charge in [-0.2, -0.15) is 4.40 Å². The number of para-hydroxylation sites is 2. The van der Waals surface area contributed by atoms with Gasteiger partial charge in [-0.05, 0) is 32.9 Å². The third-order valence-corrected chi connectivity index (χ3v) is 3.22. The summed E-state index contributed by atoms with van der Waals surface area (Å²) in [5.41, 5.74) is 4.78. The zero-order valence-corrected chi connectivity index (χ0v) is 10.4. The van der Waals surface area contributed by atoms with Crippen molar-refractivity contribution in [3.05, 3.63) is 41.7 Å². The Morgan fingerprint density at radius 3 is 2.76 bits per heavy atom. The van der Waals surface area contributed by atoms with Gasteiger partial charge in [-0.1, -0.05) is 17.1 Å². The largest absolute Gasteiger partial charge is 0.404 e. The minimum absolute atomic E-state index is 0.937. The number of aryl methyl sites for hydroxylation is 3. The summed E-state index contributed by atoms with van der Waals surface area (Å²) in [5, 5.41) is 0. The van der Waals surface area contributed by atoms with Crippen molar-refractivity contribution >= 4 is 16.8 Å². The second-order valence-electron chi connectivity index (χ2n) is 4.41. The van der Waals surface area contributed by atoms with Crippen molar-refractivity contribution in [3.8, 4) is 0 Å². The highest BCUT2D eigenvalue weighted by molar-refractivity contribution is 5.75. The van der Waals surface area contributed by atoms with Crippen molar-refractivity contribution in [2.75, 3.05) is 0 Å². The Morgan fingerprint density at radius 2 is 2.00 bits per heavy atom. The molecule has 0 aliphatic heterocycles. The molecule has 3 aromatic rings. The Kier molecular flexibility index (Phi) is 2.15. The molecular weight excluding hydrogens is 210 g/mol. The molecule has 0 fully saturated rings. The number of hydrogen-bond donors (Lipinski definition) is 0. The highest BCUT2D eigenvalue weighted by Gasteiger charge is 2.19. The summed E-state index contributed by atoms with van der Waals surface area (Å²) in [6.45, 7) is 7.28. The lowest BCUT2D eigenvalue weighted by molar-refractivity contribution is -0.644. The van der Waals surface area contributed by atoms with E-state index >= 15 is 0 Å². The monoisotopic (exact) mass is 226 g/mol. The van der Waals surface area contributed by atoms with E-state index in [1.807, 2.05) is 6.92 Å². The zero-order chi connectivity index (χ0) is 12.0. The van der Waals surface area contributed by atoms with E-state index in [9.17, 15) is 0 Å². The lowest BCUT2D eigenvalue weighted by Crippen LogP contribution is -2.32. The lowest BCUT2D eigenvalue weighted by atomic mass is 10.3. The fraction of sp³-hybridized carbons (Fsp3) is 0.286. The number of rotatable bonds is 1. The summed E-state index contributed by atoms with van der Waals surface area (Å²) in [7, 11) is 0. The number of benzene rings is 1. The first kappa shape index (κ1) is 10.3. The van der Waals surface area contributed by atoms with Gasteiger partial charge in [0, 0.05) is 6.07 Å². The molecule has 2 heterocycles. The predicted octanol–water partition coefficient (Wildman–Crippen LogP) is 2.41. The quantitative estimate of drug-likeness (QED) is 0.584. The molecule has 0 unspecified atom stereocenters. The summed E-state index contributed by atoms with van der Waals surface area (Å²) >= 11 is 0. The van der Waals surface area contributed by atoms with E-state index in [1.54, 1.807) is 0 Å². The van der Waals surface area contributed by atoms with Gasteiger partial charge in [-0.15, -0.1) is 0 Å². The molecule has 0 spiro atoms. The number of imidazole rings is 1. The van der Waals surface area contributed by atoms with Crippen LogP contribution in [0.25, 0.3) is 16.8 Å². The van der Waals surface area contributed by atoms with Gasteiger partial charge < -0.3 is 0 Å². The second-order valence-corrected chi connectivity index (χ2v) is 4.41. The molecule has 3 nitrogen and oxygen atoms in total. The fourth-order valence-corrected chi connectivity index (χ4v) is 2.54. The molecular formula is C14H16N3+. The zero-order valence-electron chi connectivity index (χ0n) is 10.4. The van der Waals surface area contributed by atoms with E-state index in [2.05, 4.69) is 58.1 Å². The van der Waals surface area contributed by atoms with Gasteiger partial charge in [0.15, 0.2) is 0 Å². The van der Waals surface area contributed by atoms with E-state index in [0.717, 1.165) is 18.0 Å². The van der Waals surface area contributed by atoms with E-state index < -0.39 is 0 Å². The van der Waals surface area contributed by atoms with Crippen LogP contribution in [0.2, 0.25) is 0 Å². The lowest BCUT2D eigenvalue weighted by Gasteiger charge is -1.95. The molecule has 86 valence electrons. The molecule has 0 aliphatic rings. The highest BCUT2D eigenvalue weighted by Crippen LogP contribution is 2.16. The third-order valence-electron chi connectivity index (χ3n) is 3.22. The third kappa shape index (κ3) is 1.35. The maximum Gasteiger partial charge on any atom is 0.404 e. The highest BCUT2D eigenvalue weighted by atomic mass is 15.2. The maximum absolute atomic E-state index is 4.67. The molecule has 0 saturated carbocycles. The van der Waals surface area contributed by atoms with E-state index in [1.165, 1.54) is 16.7 Å². The first-order valence-electron chi connectivity index (χ1n) is 5.99. The molecule has 2 aromatic heterocycles. The van der Waals surface area contributed by atoms with Gasteiger partial charge in [0.1, 0.15) is 16.7 Å². The molecule has 0 bridgehead atoms. The fourth-order valence-electron chi connectivity index (χ4n) is 2.54. The van der Waals surface area contributed by atoms with Gasteiger partial charge in [-0.3, -0.25) is 0 Å². The molecule has 17 heavy (non-hydrogen) atoms. The molecule has 0 radical (unpaired) electrons. The van der Waals surface area contributed by atoms with E-state index in [4.69, 9.17) is 0 Å². The van der Waals surface area contributed by atoms with Crippen molar-refractivity contribution in [1.82, 2.24) is 9.38 Å². The van der Waals surface area contributed by atoms with Crippen LogP contribution in [-0.4, -0.2) is 9.38 Å². The summed E-state index contributed by atoms with van der Waals surface area (Å²) in [6.07, 6.45) is 0. The van der Waals surface area contributed by atoms with Crippen LogP contribution in [0.3, 0.4) is 0 Å². The van der Waals surface area contributed by atoms with Crippen molar-refractivity contribution < 1.29 is 4.57 Å². The number of hydrogen-bond acceptors (Lipinski definition) is 1. The molecule has 3 rings (SSSR count). The molecule has 0 amide bonds. The Bertz CT molecular complexity index is 710. The van der Waals surface area contributed by atoms with Gasteiger partial charge >= 0.3 is 5.78 Å². The average molecular weight is 226 g/mol. The molecule has 3 heteroatoms. The molecule has 1 aromatic carbocycles. The summed E-state index contributed by atoms with van der Waals surface area (Å²) in [5.74, 6) is 1.03. The summed E-state index contributed by atoms with van der Waals surface area (Å²) in [4.78, 5) is 4.67. The van der Waals surface area contributed by atoms with E-state index in [-0.39, 0.29) is 0 Å². The van der Waals surface area contributed by atoms with Crippen LogP contribution >= 0.6 is 0 Å². The minimum Gasteiger partial charge on any atom is -0.225 e. The van der Waals surface area contributed by atoms with Crippen molar-refractivity contribution in [2.45, 2.75) is 27.3 Å².